The number of carbonyl (C=O) groups is 1. The molecule has 0 N–H and O–H groups in total. The van der Waals surface area contributed by atoms with E-state index in [1.54, 1.807) is 0 Å². The molecule has 0 aliphatic carbocycles. The lowest BCUT2D eigenvalue weighted by Crippen LogP contribution is -2.30. The van der Waals surface area contributed by atoms with Gasteiger partial charge in [0.15, 0.2) is 0 Å². The summed E-state index contributed by atoms with van der Waals surface area (Å²) in [6, 6.07) is 25.8. The number of aromatic nitrogens is 2. The van der Waals surface area contributed by atoms with Gasteiger partial charge in [0.1, 0.15) is 0 Å². The van der Waals surface area contributed by atoms with Gasteiger partial charge in [-0.1, -0.05) is 48.0 Å². The van der Waals surface area contributed by atoms with Gasteiger partial charge in [-0.15, -0.1) is 10.2 Å². The fourth-order valence-electron chi connectivity index (χ4n) is 4.11. The van der Waals surface area contributed by atoms with Crippen molar-refractivity contribution in [2.75, 3.05) is 6.54 Å². The average Bonchev–Trinajstić information content (AvgIpc) is 3.50. The number of nitrogens with zero attached hydrogens (tertiary/aromatic N) is 3. The molecule has 0 bridgehead atoms. The van der Waals surface area contributed by atoms with Gasteiger partial charge in [0.2, 0.25) is 11.8 Å². The lowest BCUT2D eigenvalue weighted by molar-refractivity contribution is 0.0735. The molecule has 31 heavy (non-hydrogen) atoms. The van der Waals surface area contributed by atoms with E-state index in [0.29, 0.717) is 17.3 Å². The number of hydrogen-bond acceptors (Lipinski definition) is 4. The van der Waals surface area contributed by atoms with Gasteiger partial charge >= 0.3 is 0 Å². The van der Waals surface area contributed by atoms with Gasteiger partial charge in [-0.05, 0) is 61.7 Å². The summed E-state index contributed by atoms with van der Waals surface area (Å²) in [5.74, 6) is 0.986. The first-order valence-corrected chi connectivity index (χ1v) is 10.6. The van der Waals surface area contributed by atoms with Gasteiger partial charge in [0.25, 0.3) is 5.91 Å². The number of rotatable bonds is 4. The molecule has 1 aliphatic heterocycles. The highest BCUT2D eigenvalue weighted by atomic mass is 16.4. The van der Waals surface area contributed by atoms with Crippen molar-refractivity contribution in [3.63, 3.8) is 0 Å². The first kappa shape index (κ1) is 19.2. The summed E-state index contributed by atoms with van der Waals surface area (Å²) in [7, 11) is 0. The van der Waals surface area contributed by atoms with Crippen molar-refractivity contribution in [2.24, 2.45) is 0 Å². The Labute approximate surface area is 181 Å². The number of amides is 1. The predicted molar refractivity (Wildman–Crippen MR) is 119 cm³/mol. The average molecular weight is 409 g/mol. The molecule has 0 spiro atoms. The summed E-state index contributed by atoms with van der Waals surface area (Å²) in [5, 5.41) is 8.34. The standard InChI is InChI=1S/C26H23N3O2/c1-18-9-11-20(12-10-18)24-27-28-25(31-24)21-13-15-22(16-14-21)26(30)29-17-5-8-23(29)19-6-3-2-4-7-19/h2-4,6-7,9-16,23H,5,8,17H2,1H3. The fraction of sp³-hybridized carbons (Fsp3) is 0.192. The largest absolute Gasteiger partial charge is 0.416 e. The highest BCUT2D eigenvalue weighted by molar-refractivity contribution is 5.95. The summed E-state index contributed by atoms with van der Waals surface area (Å²) in [5.41, 5.74) is 4.72. The maximum atomic E-state index is 13.2. The van der Waals surface area contributed by atoms with Crippen LogP contribution in [0.5, 0.6) is 0 Å². The summed E-state index contributed by atoms with van der Waals surface area (Å²) >= 11 is 0. The van der Waals surface area contributed by atoms with Gasteiger partial charge in [-0.25, -0.2) is 0 Å². The van der Waals surface area contributed by atoms with E-state index >= 15 is 0 Å². The number of benzene rings is 3. The van der Waals surface area contributed by atoms with Crippen LogP contribution in [0.25, 0.3) is 22.9 Å². The van der Waals surface area contributed by atoms with Crippen LogP contribution in [0.3, 0.4) is 0 Å². The molecule has 154 valence electrons. The van der Waals surface area contributed by atoms with Gasteiger partial charge in [-0.2, -0.15) is 0 Å². The van der Waals surface area contributed by atoms with E-state index in [1.807, 2.05) is 78.6 Å². The minimum atomic E-state index is 0.0591. The highest BCUT2D eigenvalue weighted by Gasteiger charge is 2.30. The van der Waals surface area contributed by atoms with Crippen molar-refractivity contribution in [2.45, 2.75) is 25.8 Å². The van der Waals surface area contributed by atoms with Crippen LogP contribution in [0.4, 0.5) is 0 Å². The number of aryl methyl sites for hydroxylation is 1. The molecule has 1 aliphatic rings. The Morgan fingerprint density at radius 1 is 0.871 bits per heavy atom. The van der Waals surface area contributed by atoms with E-state index in [2.05, 4.69) is 22.3 Å². The van der Waals surface area contributed by atoms with Crippen LogP contribution in [0.15, 0.2) is 83.3 Å². The molecule has 1 atom stereocenters. The van der Waals surface area contributed by atoms with Crippen LogP contribution in [-0.2, 0) is 0 Å². The van der Waals surface area contributed by atoms with Crippen LogP contribution in [0, 0.1) is 6.92 Å². The molecule has 1 aromatic heterocycles. The minimum absolute atomic E-state index is 0.0591. The second kappa shape index (κ2) is 8.19. The molecule has 0 radical (unpaired) electrons. The zero-order valence-electron chi connectivity index (χ0n) is 17.4. The van der Waals surface area contributed by atoms with Crippen molar-refractivity contribution in [3.05, 3.63) is 95.6 Å². The number of likely N-dealkylation sites (tertiary alicyclic amines) is 1. The predicted octanol–water partition coefficient (Wildman–Crippen LogP) is 5.69. The molecule has 1 saturated heterocycles. The SMILES string of the molecule is Cc1ccc(-c2nnc(-c3ccc(C(=O)N4CCCC4c4ccccc4)cc3)o2)cc1. The molecule has 5 nitrogen and oxygen atoms in total. The molecule has 1 amide bonds. The normalized spacial score (nSPS) is 15.9. The number of carbonyl (C=O) groups excluding carboxylic acids is 1. The Morgan fingerprint density at radius 2 is 1.48 bits per heavy atom. The van der Waals surface area contributed by atoms with Gasteiger partial charge < -0.3 is 9.32 Å². The van der Waals surface area contributed by atoms with Crippen molar-refractivity contribution in [3.8, 4) is 22.9 Å². The maximum absolute atomic E-state index is 13.2. The van der Waals surface area contributed by atoms with Gasteiger partial charge in [-0.3, -0.25) is 4.79 Å². The van der Waals surface area contributed by atoms with Crippen LogP contribution < -0.4 is 0 Å². The Bertz CT molecular complexity index is 1180. The lowest BCUT2D eigenvalue weighted by Gasteiger charge is -2.25. The highest BCUT2D eigenvalue weighted by Crippen LogP contribution is 2.33. The van der Waals surface area contributed by atoms with E-state index in [-0.39, 0.29) is 11.9 Å². The zero-order valence-corrected chi connectivity index (χ0v) is 17.4. The van der Waals surface area contributed by atoms with Crippen LogP contribution in [-0.4, -0.2) is 27.5 Å². The topological polar surface area (TPSA) is 59.2 Å². The van der Waals surface area contributed by atoms with Crippen molar-refractivity contribution >= 4 is 5.91 Å². The summed E-state index contributed by atoms with van der Waals surface area (Å²) in [6.45, 7) is 2.82. The molecule has 4 aromatic rings. The molecule has 0 saturated carbocycles. The third kappa shape index (κ3) is 3.87. The third-order valence-electron chi connectivity index (χ3n) is 5.80. The molecule has 3 aromatic carbocycles. The Hall–Kier alpha value is -3.73. The maximum Gasteiger partial charge on any atom is 0.254 e. The monoisotopic (exact) mass is 409 g/mol. The van der Waals surface area contributed by atoms with Crippen molar-refractivity contribution in [1.82, 2.24) is 15.1 Å². The summed E-state index contributed by atoms with van der Waals surface area (Å²) in [6.07, 6.45) is 2.02. The number of hydrogen-bond donors (Lipinski definition) is 0. The smallest absolute Gasteiger partial charge is 0.254 e. The Balaban J connectivity index is 1.34. The van der Waals surface area contributed by atoms with E-state index in [9.17, 15) is 4.79 Å². The molecular formula is C26H23N3O2. The first-order chi connectivity index (χ1) is 15.2. The lowest BCUT2D eigenvalue weighted by atomic mass is 10.0. The van der Waals surface area contributed by atoms with E-state index in [0.717, 1.165) is 30.5 Å². The zero-order chi connectivity index (χ0) is 21.2. The van der Waals surface area contributed by atoms with E-state index in [1.165, 1.54) is 11.1 Å². The molecule has 1 fully saturated rings. The fourth-order valence-corrected chi connectivity index (χ4v) is 4.11. The van der Waals surface area contributed by atoms with E-state index in [4.69, 9.17) is 4.42 Å². The van der Waals surface area contributed by atoms with Gasteiger partial charge in [0.05, 0.1) is 6.04 Å². The third-order valence-corrected chi connectivity index (χ3v) is 5.80. The van der Waals surface area contributed by atoms with Crippen molar-refractivity contribution < 1.29 is 9.21 Å². The quantitative estimate of drug-likeness (QED) is 0.434. The molecule has 2 heterocycles. The van der Waals surface area contributed by atoms with Crippen LogP contribution in [0.1, 0.15) is 40.4 Å². The van der Waals surface area contributed by atoms with Crippen molar-refractivity contribution in [1.29, 1.82) is 0 Å². The minimum Gasteiger partial charge on any atom is -0.416 e. The molecule has 5 heteroatoms. The van der Waals surface area contributed by atoms with Gasteiger partial charge in [0, 0.05) is 23.2 Å². The Kier molecular flexibility index (Phi) is 5.08. The van der Waals surface area contributed by atoms with Crippen LogP contribution in [0.2, 0.25) is 0 Å². The molecule has 1 unspecified atom stereocenters. The first-order valence-electron chi connectivity index (χ1n) is 10.6. The second-order valence-corrected chi connectivity index (χ2v) is 7.92. The summed E-state index contributed by atoms with van der Waals surface area (Å²) in [4.78, 5) is 15.1. The molecule has 5 rings (SSSR count). The summed E-state index contributed by atoms with van der Waals surface area (Å²) < 4.78 is 5.85. The molecular weight excluding hydrogens is 386 g/mol. The Morgan fingerprint density at radius 3 is 2.13 bits per heavy atom. The second-order valence-electron chi connectivity index (χ2n) is 7.92. The van der Waals surface area contributed by atoms with E-state index < -0.39 is 0 Å². The van der Waals surface area contributed by atoms with Crippen LogP contribution >= 0.6 is 0 Å².